The fraction of sp³-hybridized carbons (Fsp3) is 0.150. The quantitative estimate of drug-likeness (QED) is 0.413. The summed E-state index contributed by atoms with van der Waals surface area (Å²) in [5, 5.41) is 3.05. The molecule has 138 valence electrons. The standard InChI is InChI=1S/C20H18N4OS.ClH/c1-3-17(13-21-8-1)20-23-19(14-26-20)16-4-6-18(7-5-16)25-12-2-10-24-11-9-22-15-24;/h1,3-9,11,13-15H,2,10,12H2;1H. The first-order chi connectivity index (χ1) is 12.9. The molecular formula is C20H19ClN4OS. The van der Waals surface area contributed by atoms with Crippen molar-refractivity contribution in [3.63, 3.8) is 0 Å². The summed E-state index contributed by atoms with van der Waals surface area (Å²) >= 11 is 1.63. The molecule has 0 saturated carbocycles. The Labute approximate surface area is 168 Å². The first kappa shape index (κ1) is 19.1. The van der Waals surface area contributed by atoms with Crippen LogP contribution in [0.3, 0.4) is 0 Å². The molecule has 0 unspecified atom stereocenters. The second-order valence-corrected chi connectivity index (χ2v) is 6.66. The third kappa shape index (κ3) is 4.93. The van der Waals surface area contributed by atoms with Gasteiger partial charge in [0, 0.05) is 47.8 Å². The Hall–Kier alpha value is -2.70. The third-order valence-electron chi connectivity index (χ3n) is 3.95. The highest BCUT2D eigenvalue weighted by Crippen LogP contribution is 2.29. The maximum Gasteiger partial charge on any atom is 0.125 e. The number of pyridine rings is 1. The molecule has 0 amide bonds. The van der Waals surface area contributed by atoms with Crippen molar-refractivity contribution < 1.29 is 4.74 Å². The molecule has 3 aromatic heterocycles. The SMILES string of the molecule is Cl.c1cncc(-c2nc(-c3ccc(OCCCn4ccnc4)cc3)cs2)c1. The molecule has 0 bridgehead atoms. The summed E-state index contributed by atoms with van der Waals surface area (Å²) in [4.78, 5) is 12.9. The number of aromatic nitrogens is 4. The second kappa shape index (κ2) is 9.30. The molecule has 5 nitrogen and oxygen atoms in total. The van der Waals surface area contributed by atoms with Crippen LogP contribution in [0.15, 0.2) is 72.9 Å². The van der Waals surface area contributed by atoms with Crippen molar-refractivity contribution in [3.8, 4) is 27.6 Å². The number of nitrogens with zero attached hydrogens (tertiary/aromatic N) is 4. The zero-order valence-corrected chi connectivity index (χ0v) is 16.2. The molecule has 0 aliphatic rings. The first-order valence-corrected chi connectivity index (χ1v) is 9.31. The number of aryl methyl sites for hydroxylation is 1. The van der Waals surface area contributed by atoms with E-state index in [4.69, 9.17) is 9.72 Å². The number of ether oxygens (including phenoxy) is 1. The Balaban J connectivity index is 0.00000210. The Morgan fingerprint density at radius 3 is 2.63 bits per heavy atom. The van der Waals surface area contributed by atoms with Crippen molar-refractivity contribution in [2.45, 2.75) is 13.0 Å². The summed E-state index contributed by atoms with van der Waals surface area (Å²) in [5.74, 6) is 0.877. The molecule has 0 fully saturated rings. The van der Waals surface area contributed by atoms with Crippen LogP contribution in [0.4, 0.5) is 0 Å². The topological polar surface area (TPSA) is 52.8 Å². The van der Waals surface area contributed by atoms with Crippen molar-refractivity contribution in [2.24, 2.45) is 0 Å². The number of imidazole rings is 1. The van der Waals surface area contributed by atoms with E-state index in [0.717, 1.165) is 40.5 Å². The zero-order valence-electron chi connectivity index (χ0n) is 14.6. The van der Waals surface area contributed by atoms with E-state index in [1.165, 1.54) is 0 Å². The van der Waals surface area contributed by atoms with E-state index in [2.05, 4.69) is 19.9 Å². The van der Waals surface area contributed by atoms with Gasteiger partial charge in [-0.25, -0.2) is 9.97 Å². The van der Waals surface area contributed by atoms with Crippen LogP contribution in [-0.2, 0) is 6.54 Å². The summed E-state index contributed by atoms with van der Waals surface area (Å²) in [6, 6.07) is 12.0. The molecule has 0 spiro atoms. The van der Waals surface area contributed by atoms with Gasteiger partial charge in [0.05, 0.1) is 18.6 Å². The van der Waals surface area contributed by atoms with E-state index in [-0.39, 0.29) is 12.4 Å². The van der Waals surface area contributed by atoms with Crippen molar-refractivity contribution in [1.82, 2.24) is 19.5 Å². The van der Waals surface area contributed by atoms with Crippen LogP contribution in [0, 0.1) is 0 Å². The molecular weight excluding hydrogens is 380 g/mol. The van der Waals surface area contributed by atoms with Gasteiger partial charge in [-0.2, -0.15) is 0 Å². The molecule has 4 aromatic rings. The molecule has 4 rings (SSSR count). The van der Waals surface area contributed by atoms with Crippen LogP contribution in [0.5, 0.6) is 5.75 Å². The maximum absolute atomic E-state index is 5.81. The number of benzene rings is 1. The van der Waals surface area contributed by atoms with E-state index in [1.807, 2.05) is 55.1 Å². The predicted octanol–water partition coefficient (Wildman–Crippen LogP) is 4.96. The minimum Gasteiger partial charge on any atom is -0.494 e. The van der Waals surface area contributed by atoms with E-state index >= 15 is 0 Å². The lowest BCUT2D eigenvalue weighted by Crippen LogP contribution is -2.02. The third-order valence-corrected chi connectivity index (χ3v) is 4.84. The molecule has 0 saturated heterocycles. The van der Waals surface area contributed by atoms with Crippen molar-refractivity contribution in [2.75, 3.05) is 6.61 Å². The van der Waals surface area contributed by atoms with Gasteiger partial charge in [0.2, 0.25) is 0 Å². The van der Waals surface area contributed by atoms with Gasteiger partial charge in [-0.3, -0.25) is 4.98 Å². The molecule has 0 aliphatic carbocycles. The molecule has 3 heterocycles. The first-order valence-electron chi connectivity index (χ1n) is 8.43. The van der Waals surface area contributed by atoms with Gasteiger partial charge in [-0.15, -0.1) is 23.7 Å². The summed E-state index contributed by atoms with van der Waals surface area (Å²) in [5.41, 5.74) is 3.10. The van der Waals surface area contributed by atoms with Gasteiger partial charge in [-0.05, 0) is 42.8 Å². The van der Waals surface area contributed by atoms with Gasteiger partial charge in [0.15, 0.2) is 0 Å². The average molecular weight is 399 g/mol. The summed E-state index contributed by atoms with van der Waals surface area (Å²) in [6.07, 6.45) is 10.1. The van der Waals surface area contributed by atoms with Crippen molar-refractivity contribution in [1.29, 1.82) is 0 Å². The summed E-state index contributed by atoms with van der Waals surface area (Å²) in [6.45, 7) is 1.59. The maximum atomic E-state index is 5.81. The number of hydrogen-bond donors (Lipinski definition) is 0. The normalized spacial score (nSPS) is 10.4. The molecule has 1 aromatic carbocycles. The molecule has 0 atom stereocenters. The summed E-state index contributed by atoms with van der Waals surface area (Å²) < 4.78 is 7.86. The van der Waals surface area contributed by atoms with E-state index in [9.17, 15) is 0 Å². The summed E-state index contributed by atoms with van der Waals surface area (Å²) in [7, 11) is 0. The highest BCUT2D eigenvalue weighted by molar-refractivity contribution is 7.13. The minimum absolute atomic E-state index is 0. The Morgan fingerprint density at radius 1 is 1.00 bits per heavy atom. The van der Waals surface area contributed by atoms with Crippen LogP contribution < -0.4 is 4.74 Å². The van der Waals surface area contributed by atoms with Crippen molar-refractivity contribution in [3.05, 3.63) is 72.9 Å². The van der Waals surface area contributed by atoms with E-state index in [0.29, 0.717) is 6.61 Å². The monoisotopic (exact) mass is 398 g/mol. The van der Waals surface area contributed by atoms with Crippen molar-refractivity contribution >= 4 is 23.7 Å². The minimum atomic E-state index is 0. The molecule has 0 radical (unpaired) electrons. The Bertz CT molecular complexity index is 940. The second-order valence-electron chi connectivity index (χ2n) is 5.81. The number of thiazole rings is 1. The van der Waals surface area contributed by atoms with Crippen LogP contribution in [0.25, 0.3) is 21.8 Å². The van der Waals surface area contributed by atoms with Gasteiger partial charge >= 0.3 is 0 Å². The van der Waals surface area contributed by atoms with Gasteiger partial charge in [0.25, 0.3) is 0 Å². The average Bonchev–Trinajstić information content (AvgIpc) is 3.39. The number of rotatable bonds is 7. The van der Waals surface area contributed by atoms with Gasteiger partial charge in [0.1, 0.15) is 10.8 Å². The number of hydrogen-bond acceptors (Lipinski definition) is 5. The highest BCUT2D eigenvalue weighted by atomic mass is 35.5. The Kier molecular flexibility index (Phi) is 6.57. The molecule has 7 heteroatoms. The van der Waals surface area contributed by atoms with Crippen LogP contribution in [-0.4, -0.2) is 26.1 Å². The molecule has 0 aliphatic heterocycles. The lowest BCUT2D eigenvalue weighted by Gasteiger charge is -2.07. The van der Waals surface area contributed by atoms with E-state index in [1.54, 1.807) is 23.7 Å². The Morgan fingerprint density at radius 2 is 1.89 bits per heavy atom. The highest BCUT2D eigenvalue weighted by Gasteiger charge is 2.07. The van der Waals surface area contributed by atoms with Crippen LogP contribution >= 0.6 is 23.7 Å². The zero-order chi connectivity index (χ0) is 17.6. The lowest BCUT2D eigenvalue weighted by molar-refractivity contribution is 0.302. The fourth-order valence-electron chi connectivity index (χ4n) is 2.61. The van der Waals surface area contributed by atoms with E-state index < -0.39 is 0 Å². The van der Waals surface area contributed by atoms with Gasteiger partial charge < -0.3 is 9.30 Å². The smallest absolute Gasteiger partial charge is 0.125 e. The van der Waals surface area contributed by atoms with Crippen LogP contribution in [0.1, 0.15) is 6.42 Å². The lowest BCUT2D eigenvalue weighted by atomic mass is 10.2. The van der Waals surface area contributed by atoms with Crippen LogP contribution in [0.2, 0.25) is 0 Å². The molecule has 0 N–H and O–H groups in total. The fourth-order valence-corrected chi connectivity index (χ4v) is 3.43. The molecule has 27 heavy (non-hydrogen) atoms. The largest absolute Gasteiger partial charge is 0.494 e. The number of halogens is 1. The van der Waals surface area contributed by atoms with Gasteiger partial charge in [-0.1, -0.05) is 0 Å². The predicted molar refractivity (Wildman–Crippen MR) is 110 cm³/mol.